The number of carbonyl (C=O) groups excluding carboxylic acids is 1. The lowest BCUT2D eigenvalue weighted by atomic mass is 10.1. The topological polar surface area (TPSA) is 23.6 Å². The van der Waals surface area contributed by atoms with Crippen LogP contribution in [0.3, 0.4) is 0 Å². The molecule has 0 spiro atoms. The predicted octanol–water partition coefficient (Wildman–Crippen LogP) is 3.60. The van der Waals surface area contributed by atoms with E-state index in [-0.39, 0.29) is 11.6 Å². The van der Waals surface area contributed by atoms with Crippen molar-refractivity contribution in [3.8, 4) is 0 Å². The number of piperazine rings is 1. The van der Waals surface area contributed by atoms with E-state index in [4.69, 9.17) is 0 Å². The van der Waals surface area contributed by atoms with Gasteiger partial charge in [-0.2, -0.15) is 13.2 Å². The summed E-state index contributed by atoms with van der Waals surface area (Å²) in [5.41, 5.74) is 0.501. The first-order valence-electron chi connectivity index (χ1n) is 8.18. The minimum Gasteiger partial charge on any atom is -0.367 e. The monoisotopic (exact) mass is 348 g/mol. The molecule has 1 aliphatic heterocycles. The number of hydrogen-bond donors (Lipinski definition) is 0. The smallest absolute Gasteiger partial charge is 0.367 e. The third kappa shape index (κ3) is 4.13. The number of para-hydroxylation sites is 1. The molecule has 0 radical (unpaired) electrons. The minimum absolute atomic E-state index is 0.00922. The summed E-state index contributed by atoms with van der Waals surface area (Å²) in [6.07, 6.45) is -4.06. The van der Waals surface area contributed by atoms with Crippen LogP contribution in [0.15, 0.2) is 54.6 Å². The summed E-state index contributed by atoms with van der Waals surface area (Å²) in [6, 6.07) is 15.0. The predicted molar refractivity (Wildman–Crippen MR) is 90.4 cm³/mol. The molecule has 1 amide bonds. The first kappa shape index (κ1) is 17.3. The van der Waals surface area contributed by atoms with Crippen LogP contribution in [0.25, 0.3) is 0 Å². The number of rotatable bonds is 3. The maximum Gasteiger partial charge on any atom is 0.418 e. The Labute approximate surface area is 144 Å². The Morgan fingerprint density at radius 2 is 1.48 bits per heavy atom. The van der Waals surface area contributed by atoms with Gasteiger partial charge in [0, 0.05) is 31.9 Å². The summed E-state index contributed by atoms with van der Waals surface area (Å²) < 4.78 is 39.5. The lowest BCUT2D eigenvalue weighted by molar-refractivity contribution is -0.137. The number of alkyl halides is 3. The fourth-order valence-corrected chi connectivity index (χ4v) is 3.07. The molecule has 0 atom stereocenters. The molecule has 6 heteroatoms. The summed E-state index contributed by atoms with van der Waals surface area (Å²) in [4.78, 5) is 15.8. The lowest BCUT2D eigenvalue weighted by Crippen LogP contribution is -2.49. The zero-order valence-electron chi connectivity index (χ0n) is 13.7. The first-order chi connectivity index (χ1) is 11.9. The van der Waals surface area contributed by atoms with Crippen molar-refractivity contribution in [1.29, 1.82) is 0 Å². The van der Waals surface area contributed by atoms with E-state index in [1.807, 2.05) is 30.3 Å². The third-order valence-corrected chi connectivity index (χ3v) is 4.38. The average Bonchev–Trinajstić information content (AvgIpc) is 2.62. The highest BCUT2D eigenvalue weighted by Gasteiger charge is 2.35. The standard InChI is InChI=1S/C19H19F3N2O/c20-19(21,22)16-8-4-5-9-17(16)23-10-12-24(13-11-23)18(25)14-15-6-2-1-3-7-15/h1-9H,10-14H2. The highest BCUT2D eigenvalue weighted by molar-refractivity contribution is 5.79. The second-order valence-corrected chi connectivity index (χ2v) is 6.05. The second kappa shape index (κ2) is 7.17. The van der Waals surface area contributed by atoms with Crippen molar-refractivity contribution in [2.45, 2.75) is 12.6 Å². The number of hydrogen-bond acceptors (Lipinski definition) is 2. The Morgan fingerprint density at radius 3 is 2.12 bits per heavy atom. The van der Waals surface area contributed by atoms with Crippen molar-refractivity contribution in [3.05, 3.63) is 65.7 Å². The van der Waals surface area contributed by atoms with Crippen LogP contribution >= 0.6 is 0 Å². The molecule has 0 saturated carbocycles. The second-order valence-electron chi connectivity index (χ2n) is 6.05. The van der Waals surface area contributed by atoms with Crippen molar-refractivity contribution in [2.75, 3.05) is 31.1 Å². The van der Waals surface area contributed by atoms with Crippen LogP contribution < -0.4 is 4.90 Å². The fourth-order valence-electron chi connectivity index (χ4n) is 3.07. The molecular formula is C19H19F3N2O. The minimum atomic E-state index is -4.38. The summed E-state index contributed by atoms with van der Waals surface area (Å²) in [5, 5.41) is 0. The zero-order chi connectivity index (χ0) is 17.9. The molecule has 0 unspecified atom stereocenters. The van der Waals surface area contributed by atoms with E-state index < -0.39 is 11.7 Å². The number of benzene rings is 2. The van der Waals surface area contributed by atoms with Crippen LogP contribution in [0.4, 0.5) is 18.9 Å². The van der Waals surface area contributed by atoms with Crippen LogP contribution in [0.2, 0.25) is 0 Å². The van der Waals surface area contributed by atoms with Gasteiger partial charge in [0.1, 0.15) is 0 Å². The van der Waals surface area contributed by atoms with Crippen molar-refractivity contribution in [1.82, 2.24) is 4.90 Å². The molecule has 3 nitrogen and oxygen atoms in total. The van der Waals surface area contributed by atoms with Gasteiger partial charge in [-0.25, -0.2) is 0 Å². The van der Waals surface area contributed by atoms with E-state index in [2.05, 4.69) is 0 Å². The highest BCUT2D eigenvalue weighted by atomic mass is 19.4. The van der Waals surface area contributed by atoms with Crippen LogP contribution in [0.5, 0.6) is 0 Å². The molecule has 0 N–H and O–H groups in total. The van der Waals surface area contributed by atoms with Gasteiger partial charge in [0.15, 0.2) is 0 Å². The van der Waals surface area contributed by atoms with Gasteiger partial charge in [-0.15, -0.1) is 0 Å². The maximum absolute atomic E-state index is 13.2. The maximum atomic E-state index is 13.2. The van der Waals surface area contributed by atoms with Crippen LogP contribution in [0, 0.1) is 0 Å². The molecule has 1 fully saturated rings. The molecular weight excluding hydrogens is 329 g/mol. The Kier molecular flexibility index (Phi) is 4.97. The number of nitrogens with zero attached hydrogens (tertiary/aromatic N) is 2. The summed E-state index contributed by atoms with van der Waals surface area (Å²) in [6.45, 7) is 1.65. The molecule has 1 saturated heterocycles. The molecule has 2 aromatic rings. The van der Waals surface area contributed by atoms with Crippen LogP contribution in [-0.2, 0) is 17.4 Å². The third-order valence-electron chi connectivity index (χ3n) is 4.38. The van der Waals surface area contributed by atoms with Gasteiger partial charge in [-0.3, -0.25) is 4.79 Å². The summed E-state index contributed by atoms with van der Waals surface area (Å²) in [7, 11) is 0. The van der Waals surface area contributed by atoms with Gasteiger partial charge in [-0.1, -0.05) is 42.5 Å². The van der Waals surface area contributed by atoms with E-state index in [0.29, 0.717) is 32.6 Å². The van der Waals surface area contributed by atoms with E-state index in [1.165, 1.54) is 12.1 Å². The van der Waals surface area contributed by atoms with Gasteiger partial charge < -0.3 is 9.80 Å². The van der Waals surface area contributed by atoms with Crippen LogP contribution in [0.1, 0.15) is 11.1 Å². The Bertz CT molecular complexity index is 723. The molecule has 132 valence electrons. The molecule has 25 heavy (non-hydrogen) atoms. The molecule has 3 rings (SSSR count). The highest BCUT2D eigenvalue weighted by Crippen LogP contribution is 2.36. The van der Waals surface area contributed by atoms with Gasteiger partial charge in [-0.05, 0) is 17.7 Å². The van der Waals surface area contributed by atoms with Crippen molar-refractivity contribution >= 4 is 11.6 Å². The molecule has 0 bridgehead atoms. The van der Waals surface area contributed by atoms with Gasteiger partial charge in [0.25, 0.3) is 0 Å². The number of amides is 1. The van der Waals surface area contributed by atoms with E-state index in [9.17, 15) is 18.0 Å². The molecule has 1 heterocycles. The summed E-state index contributed by atoms with van der Waals surface area (Å²) >= 11 is 0. The Balaban J connectivity index is 1.64. The molecule has 2 aromatic carbocycles. The van der Waals surface area contributed by atoms with Crippen LogP contribution in [-0.4, -0.2) is 37.0 Å². The van der Waals surface area contributed by atoms with Crippen molar-refractivity contribution < 1.29 is 18.0 Å². The average molecular weight is 348 g/mol. The Hall–Kier alpha value is -2.50. The van der Waals surface area contributed by atoms with Gasteiger partial charge in [0.2, 0.25) is 5.91 Å². The van der Waals surface area contributed by atoms with Crippen molar-refractivity contribution in [2.24, 2.45) is 0 Å². The largest absolute Gasteiger partial charge is 0.418 e. The normalized spacial score (nSPS) is 15.3. The SMILES string of the molecule is O=C(Cc1ccccc1)N1CCN(c2ccccc2C(F)(F)F)CC1. The van der Waals surface area contributed by atoms with E-state index >= 15 is 0 Å². The number of carbonyl (C=O) groups is 1. The summed E-state index contributed by atoms with van der Waals surface area (Å²) in [5.74, 6) is 0.00922. The van der Waals surface area contributed by atoms with E-state index in [0.717, 1.165) is 11.6 Å². The zero-order valence-corrected chi connectivity index (χ0v) is 13.7. The molecule has 1 aliphatic rings. The molecule has 0 aliphatic carbocycles. The Morgan fingerprint density at radius 1 is 0.880 bits per heavy atom. The fraction of sp³-hybridized carbons (Fsp3) is 0.316. The van der Waals surface area contributed by atoms with Gasteiger partial charge in [0.05, 0.1) is 12.0 Å². The molecule has 0 aromatic heterocycles. The first-order valence-corrected chi connectivity index (χ1v) is 8.18. The van der Waals surface area contributed by atoms with Crippen molar-refractivity contribution in [3.63, 3.8) is 0 Å². The lowest BCUT2D eigenvalue weighted by Gasteiger charge is -2.37. The van der Waals surface area contributed by atoms with E-state index in [1.54, 1.807) is 15.9 Å². The number of anilines is 1. The quantitative estimate of drug-likeness (QED) is 0.846. The van der Waals surface area contributed by atoms with Gasteiger partial charge >= 0.3 is 6.18 Å². The number of halogens is 3.